The number of aromatic nitrogens is 2. The summed E-state index contributed by atoms with van der Waals surface area (Å²) in [6, 6.07) is 7.84. The predicted octanol–water partition coefficient (Wildman–Crippen LogP) is 3.56. The van der Waals surface area contributed by atoms with Gasteiger partial charge in [0.05, 0.1) is 7.11 Å². The van der Waals surface area contributed by atoms with Crippen molar-refractivity contribution in [1.82, 2.24) is 9.97 Å². The topological polar surface area (TPSA) is 68.1 Å². The molecule has 2 aromatic heterocycles. The van der Waals surface area contributed by atoms with Gasteiger partial charge in [0.15, 0.2) is 17.3 Å². The van der Waals surface area contributed by atoms with E-state index in [1.165, 1.54) is 7.11 Å². The molecule has 5 nitrogen and oxygen atoms in total. The fourth-order valence-electron chi connectivity index (χ4n) is 2.36. The van der Waals surface area contributed by atoms with Gasteiger partial charge in [0.1, 0.15) is 0 Å². The summed E-state index contributed by atoms with van der Waals surface area (Å²) in [6.07, 6.45) is 3.41. The Hall–Kier alpha value is -2.56. The molecule has 1 N–H and O–H groups in total. The Labute approximate surface area is 121 Å². The van der Waals surface area contributed by atoms with Crippen molar-refractivity contribution >= 4 is 16.9 Å². The second-order valence-electron chi connectivity index (χ2n) is 4.77. The maximum Gasteiger partial charge on any atom is 0.360 e. The summed E-state index contributed by atoms with van der Waals surface area (Å²) >= 11 is 0. The fraction of sp³-hybridized carbons (Fsp3) is 0.250. The number of esters is 1. The third-order valence-electron chi connectivity index (χ3n) is 3.35. The normalized spacial score (nSPS) is 11.0. The van der Waals surface area contributed by atoms with Crippen LogP contribution in [0, 0.1) is 0 Å². The van der Waals surface area contributed by atoms with Gasteiger partial charge in [-0.1, -0.05) is 25.1 Å². The molecule has 0 spiro atoms. The van der Waals surface area contributed by atoms with E-state index in [2.05, 4.69) is 9.97 Å². The minimum absolute atomic E-state index is 0.228. The highest BCUT2D eigenvalue weighted by atomic mass is 16.5. The molecule has 0 amide bonds. The van der Waals surface area contributed by atoms with Crippen LogP contribution in [0.15, 0.2) is 34.9 Å². The minimum Gasteiger partial charge on any atom is -0.464 e. The summed E-state index contributed by atoms with van der Waals surface area (Å²) in [5, 5.41) is 0.988. The molecule has 0 saturated carbocycles. The van der Waals surface area contributed by atoms with Gasteiger partial charge in [0.2, 0.25) is 0 Å². The summed E-state index contributed by atoms with van der Waals surface area (Å²) < 4.78 is 10.6. The van der Waals surface area contributed by atoms with E-state index in [9.17, 15) is 4.79 Å². The molecule has 108 valence electrons. The first-order chi connectivity index (χ1) is 10.2. The molecule has 3 aromatic rings. The van der Waals surface area contributed by atoms with E-state index in [0.717, 1.165) is 22.9 Å². The van der Waals surface area contributed by atoms with E-state index in [1.54, 1.807) is 0 Å². The Bertz CT molecular complexity index is 786. The van der Waals surface area contributed by atoms with E-state index in [1.807, 2.05) is 37.4 Å². The first-order valence-electron chi connectivity index (χ1n) is 6.89. The summed E-state index contributed by atoms with van der Waals surface area (Å²) in [7, 11) is 1.34. The van der Waals surface area contributed by atoms with Crippen molar-refractivity contribution in [3.05, 3.63) is 42.0 Å². The predicted molar refractivity (Wildman–Crippen MR) is 79.1 cm³/mol. The molecule has 2 heterocycles. The van der Waals surface area contributed by atoms with Crippen LogP contribution in [0.1, 0.15) is 29.7 Å². The van der Waals surface area contributed by atoms with Crippen molar-refractivity contribution in [2.45, 2.75) is 19.8 Å². The third kappa shape index (κ3) is 2.31. The van der Waals surface area contributed by atoms with Crippen molar-refractivity contribution in [2.75, 3.05) is 7.11 Å². The summed E-state index contributed by atoms with van der Waals surface area (Å²) in [5.41, 5.74) is 2.03. The van der Waals surface area contributed by atoms with Gasteiger partial charge < -0.3 is 14.1 Å². The van der Waals surface area contributed by atoms with Gasteiger partial charge in [-0.2, -0.15) is 0 Å². The fourth-order valence-corrected chi connectivity index (χ4v) is 2.36. The maximum absolute atomic E-state index is 11.9. The Balaban J connectivity index is 2.18. The van der Waals surface area contributed by atoms with Crippen LogP contribution < -0.4 is 0 Å². The van der Waals surface area contributed by atoms with Gasteiger partial charge in [-0.05, 0) is 12.5 Å². The van der Waals surface area contributed by atoms with Crippen molar-refractivity contribution < 1.29 is 13.9 Å². The van der Waals surface area contributed by atoms with Gasteiger partial charge in [0.25, 0.3) is 0 Å². The number of ether oxygens (including phenoxy) is 1. The zero-order chi connectivity index (χ0) is 14.8. The van der Waals surface area contributed by atoms with Crippen LogP contribution in [0.25, 0.3) is 22.2 Å². The van der Waals surface area contributed by atoms with E-state index in [0.29, 0.717) is 18.1 Å². The van der Waals surface area contributed by atoms with Crippen LogP contribution in [0.5, 0.6) is 0 Å². The molecule has 0 fully saturated rings. The average Bonchev–Trinajstić information content (AvgIpc) is 3.10. The Morgan fingerprint density at radius 3 is 2.95 bits per heavy atom. The number of nitrogens with zero attached hydrogens (tertiary/aromatic N) is 1. The third-order valence-corrected chi connectivity index (χ3v) is 3.35. The van der Waals surface area contributed by atoms with Crippen LogP contribution in [0.4, 0.5) is 0 Å². The monoisotopic (exact) mass is 284 g/mol. The summed E-state index contributed by atoms with van der Waals surface area (Å²) in [6.45, 7) is 2.04. The number of methoxy groups -OCH3 is 1. The Morgan fingerprint density at radius 2 is 2.19 bits per heavy atom. The Kier molecular flexibility index (Phi) is 3.48. The lowest BCUT2D eigenvalue weighted by Gasteiger charge is -1.98. The number of oxazole rings is 1. The number of aryl methyl sites for hydroxylation is 1. The lowest BCUT2D eigenvalue weighted by molar-refractivity contribution is 0.0595. The highest BCUT2D eigenvalue weighted by Gasteiger charge is 2.23. The number of hydrogen-bond donors (Lipinski definition) is 1. The van der Waals surface area contributed by atoms with Gasteiger partial charge in [-0.3, -0.25) is 0 Å². The SMILES string of the molecule is CCCc1nc(C(=O)OC)c(-c2c[nH]c3ccccc23)o1. The van der Waals surface area contributed by atoms with Gasteiger partial charge in [-0.25, -0.2) is 9.78 Å². The van der Waals surface area contributed by atoms with Crippen LogP contribution in [-0.4, -0.2) is 23.0 Å². The van der Waals surface area contributed by atoms with Crippen molar-refractivity contribution in [3.63, 3.8) is 0 Å². The highest BCUT2D eigenvalue weighted by Crippen LogP contribution is 2.32. The number of carbonyl (C=O) groups is 1. The number of para-hydroxylation sites is 1. The van der Waals surface area contributed by atoms with Crippen LogP contribution in [-0.2, 0) is 11.2 Å². The highest BCUT2D eigenvalue weighted by molar-refractivity contribution is 6.00. The summed E-state index contributed by atoms with van der Waals surface area (Å²) in [5.74, 6) is 0.530. The number of hydrogen-bond acceptors (Lipinski definition) is 4. The molecule has 0 unspecified atom stereocenters. The molecule has 0 aliphatic rings. The summed E-state index contributed by atoms with van der Waals surface area (Å²) in [4.78, 5) is 19.4. The zero-order valence-corrected chi connectivity index (χ0v) is 12.0. The second-order valence-corrected chi connectivity index (χ2v) is 4.77. The Morgan fingerprint density at radius 1 is 1.38 bits per heavy atom. The first kappa shape index (κ1) is 13.4. The largest absolute Gasteiger partial charge is 0.464 e. The zero-order valence-electron chi connectivity index (χ0n) is 12.0. The van der Waals surface area contributed by atoms with Crippen molar-refractivity contribution in [1.29, 1.82) is 0 Å². The van der Waals surface area contributed by atoms with E-state index < -0.39 is 5.97 Å². The van der Waals surface area contributed by atoms with Gasteiger partial charge in [-0.15, -0.1) is 0 Å². The van der Waals surface area contributed by atoms with Crippen LogP contribution >= 0.6 is 0 Å². The molecule has 21 heavy (non-hydrogen) atoms. The number of H-pyrrole nitrogens is 1. The number of aromatic amines is 1. The van der Waals surface area contributed by atoms with Crippen molar-refractivity contribution in [2.24, 2.45) is 0 Å². The number of benzene rings is 1. The molecule has 5 heteroatoms. The quantitative estimate of drug-likeness (QED) is 0.744. The molecule has 0 bridgehead atoms. The lowest BCUT2D eigenvalue weighted by Crippen LogP contribution is -2.03. The standard InChI is InChI=1S/C16H16N2O3/c1-3-6-13-18-14(16(19)20-2)15(21-13)11-9-17-12-8-5-4-7-10(11)12/h4-5,7-9,17H,3,6H2,1-2H3. The maximum atomic E-state index is 11.9. The van der Waals surface area contributed by atoms with Crippen LogP contribution in [0.2, 0.25) is 0 Å². The molecule has 0 radical (unpaired) electrons. The number of carbonyl (C=O) groups excluding carboxylic acids is 1. The number of fused-ring (bicyclic) bond motifs is 1. The molecular formula is C16H16N2O3. The number of nitrogens with one attached hydrogen (secondary N) is 1. The molecule has 0 aliphatic heterocycles. The average molecular weight is 284 g/mol. The van der Waals surface area contributed by atoms with E-state index in [-0.39, 0.29) is 5.69 Å². The van der Waals surface area contributed by atoms with Gasteiger partial charge >= 0.3 is 5.97 Å². The van der Waals surface area contributed by atoms with E-state index in [4.69, 9.17) is 9.15 Å². The van der Waals surface area contributed by atoms with Crippen LogP contribution in [0.3, 0.4) is 0 Å². The molecule has 0 atom stereocenters. The number of rotatable bonds is 4. The molecule has 0 aliphatic carbocycles. The molecule has 3 rings (SSSR count). The molecule has 1 aromatic carbocycles. The van der Waals surface area contributed by atoms with Gasteiger partial charge in [0, 0.05) is 29.1 Å². The molecule has 0 saturated heterocycles. The molecular weight excluding hydrogens is 268 g/mol. The van der Waals surface area contributed by atoms with Crippen molar-refractivity contribution in [3.8, 4) is 11.3 Å². The minimum atomic E-state index is -0.485. The lowest BCUT2D eigenvalue weighted by atomic mass is 10.1. The van der Waals surface area contributed by atoms with E-state index >= 15 is 0 Å². The second kappa shape index (κ2) is 5.44. The first-order valence-corrected chi connectivity index (χ1v) is 6.89. The smallest absolute Gasteiger partial charge is 0.360 e.